The summed E-state index contributed by atoms with van der Waals surface area (Å²) in [6, 6.07) is 0. The molecule has 0 N–H and O–H groups in total. The molecule has 0 saturated carbocycles. The summed E-state index contributed by atoms with van der Waals surface area (Å²) in [6.07, 6.45) is 11.8. The summed E-state index contributed by atoms with van der Waals surface area (Å²) in [6.45, 7) is 6.34. The molecule has 0 bridgehead atoms. The summed E-state index contributed by atoms with van der Waals surface area (Å²) < 4.78 is 1.49. The van der Waals surface area contributed by atoms with Crippen LogP contribution in [0.4, 0.5) is 0 Å². The number of hydrogen-bond acceptors (Lipinski definition) is 3. The fourth-order valence-electron chi connectivity index (χ4n) is 2.71. The second kappa shape index (κ2) is 6.83. The Hall–Kier alpha value is -0.790. The van der Waals surface area contributed by atoms with Crippen LogP contribution >= 0.6 is 6.75 Å². The molecule has 4 heteroatoms. The molecular weight excluding hydrogens is 229 g/mol. The van der Waals surface area contributed by atoms with E-state index < -0.39 is 6.75 Å². The first kappa shape index (κ1) is 16.2. The predicted octanol–water partition coefficient (Wildman–Crippen LogP) is 3.97. The summed E-state index contributed by atoms with van der Waals surface area (Å²) in [5, 5.41) is 18.5. The van der Waals surface area contributed by atoms with Gasteiger partial charge in [0.25, 0.3) is 0 Å². The molecule has 0 radical (unpaired) electrons. The Morgan fingerprint density at radius 3 is 1.65 bits per heavy atom. The van der Waals surface area contributed by atoms with E-state index in [4.69, 9.17) is 0 Å². The molecule has 98 valence electrons. The van der Waals surface area contributed by atoms with Gasteiger partial charge in [-0.2, -0.15) is 0 Å². The average Bonchev–Trinajstić information content (AvgIpc) is 2.39. The molecule has 0 atom stereocenters. The van der Waals surface area contributed by atoms with E-state index in [0.29, 0.717) is 0 Å². The van der Waals surface area contributed by atoms with Crippen molar-refractivity contribution in [3.05, 3.63) is 0 Å². The van der Waals surface area contributed by atoms with Crippen LogP contribution in [0.2, 0.25) is 0 Å². The molecule has 0 aliphatic carbocycles. The maximum absolute atomic E-state index is 9.26. The molecule has 0 aliphatic rings. The first-order valence-corrected chi connectivity index (χ1v) is 9.62. The Kier molecular flexibility index (Phi) is 6.51. The van der Waals surface area contributed by atoms with Gasteiger partial charge < -0.3 is 0 Å². The number of nitriles is 2. The molecule has 3 nitrogen and oxygen atoms in total. The van der Waals surface area contributed by atoms with Gasteiger partial charge in [-0.1, -0.05) is 0 Å². The van der Waals surface area contributed by atoms with Crippen LogP contribution in [-0.2, 0) is 0 Å². The second-order valence-corrected chi connectivity index (χ2v) is 11.4. The van der Waals surface area contributed by atoms with Crippen LogP contribution < -0.4 is 0 Å². The van der Waals surface area contributed by atoms with Crippen molar-refractivity contribution >= 4 is 6.75 Å². The van der Waals surface area contributed by atoms with Crippen LogP contribution in [0, 0.1) is 22.9 Å². The van der Waals surface area contributed by atoms with Crippen LogP contribution in [0.1, 0.15) is 47.0 Å². The van der Waals surface area contributed by atoms with Gasteiger partial charge in [0, 0.05) is 0 Å². The Morgan fingerprint density at radius 1 is 0.882 bits per heavy atom. The molecule has 0 aromatic carbocycles. The minimum absolute atomic E-state index is 0.976. The zero-order valence-electron chi connectivity index (χ0n) is 11.7. The van der Waals surface area contributed by atoms with Crippen LogP contribution in [0.3, 0.4) is 0 Å². The van der Waals surface area contributed by atoms with Gasteiger partial charge >= 0.3 is 106 Å². The van der Waals surface area contributed by atoms with Gasteiger partial charge in [0.15, 0.2) is 0 Å². The van der Waals surface area contributed by atoms with E-state index in [2.05, 4.69) is 40.1 Å². The van der Waals surface area contributed by atoms with E-state index in [9.17, 15) is 10.5 Å². The second-order valence-electron chi connectivity index (χ2n) is 4.80. The summed E-state index contributed by atoms with van der Waals surface area (Å²) in [5.74, 6) is 0. The molecule has 0 aliphatic heterocycles. The van der Waals surface area contributed by atoms with Gasteiger partial charge in [0.2, 0.25) is 0 Å². The molecule has 0 heterocycles. The summed E-state index contributed by atoms with van der Waals surface area (Å²) in [4.78, 5) is 0. The van der Waals surface area contributed by atoms with Crippen molar-refractivity contribution in [2.24, 2.45) is 0 Å². The topological polar surface area (TPSA) is 50.8 Å². The zero-order chi connectivity index (χ0) is 13.4. The normalized spacial score (nSPS) is 13.2. The van der Waals surface area contributed by atoms with Gasteiger partial charge in [-0.05, 0) is 0 Å². The molecule has 17 heavy (non-hydrogen) atoms. The van der Waals surface area contributed by atoms with Crippen molar-refractivity contribution in [3.63, 3.8) is 0 Å². The van der Waals surface area contributed by atoms with Crippen molar-refractivity contribution in [1.29, 1.82) is 10.5 Å². The van der Waals surface area contributed by atoms with Crippen molar-refractivity contribution in [1.82, 2.24) is 4.67 Å². The van der Waals surface area contributed by atoms with Crippen molar-refractivity contribution < 1.29 is 0 Å². The van der Waals surface area contributed by atoms with Gasteiger partial charge in [0.05, 0.1) is 0 Å². The fourth-order valence-corrected chi connectivity index (χ4v) is 7.59. The van der Waals surface area contributed by atoms with Crippen molar-refractivity contribution in [3.8, 4) is 12.4 Å². The fraction of sp³-hybridized carbons (Fsp3) is 0.846. The summed E-state index contributed by atoms with van der Waals surface area (Å²) in [5.41, 5.74) is 0. The van der Waals surface area contributed by atoms with Crippen LogP contribution in [0.5, 0.6) is 0 Å². The zero-order valence-corrected chi connectivity index (χ0v) is 12.6. The third-order valence-corrected chi connectivity index (χ3v) is 12.2. The first-order valence-electron chi connectivity index (χ1n) is 6.69. The van der Waals surface area contributed by atoms with Crippen LogP contribution in [-0.4, -0.2) is 29.3 Å². The predicted molar refractivity (Wildman–Crippen MR) is 76.0 cm³/mol. The number of rotatable bonds is 8. The van der Waals surface area contributed by atoms with Crippen molar-refractivity contribution in [2.75, 3.05) is 24.6 Å². The molecule has 0 amide bonds. The van der Waals surface area contributed by atoms with E-state index in [0.717, 1.165) is 31.1 Å². The average molecular weight is 255 g/mol. The molecule has 0 rings (SSSR count). The molecule has 0 saturated heterocycles. The SMILES string of the molecule is CCCCCP(CC)(CC)(CC)N(C#N)C#N. The quantitative estimate of drug-likeness (QED) is 0.285. The van der Waals surface area contributed by atoms with Crippen molar-refractivity contribution in [2.45, 2.75) is 47.0 Å². The van der Waals surface area contributed by atoms with E-state index in [1.165, 1.54) is 17.5 Å². The Labute approximate surface area is 106 Å². The van der Waals surface area contributed by atoms with Crippen LogP contribution in [0.15, 0.2) is 0 Å². The number of unbranched alkanes of at least 4 members (excludes halogenated alkanes) is 2. The molecule has 0 fully saturated rings. The molecule has 0 unspecified atom stereocenters. The Balaban J connectivity index is 5.31. The monoisotopic (exact) mass is 255 g/mol. The van der Waals surface area contributed by atoms with Crippen LogP contribution in [0.25, 0.3) is 0 Å². The van der Waals surface area contributed by atoms with Gasteiger partial charge in [-0.15, -0.1) is 0 Å². The summed E-state index contributed by atoms with van der Waals surface area (Å²) >= 11 is 0. The van der Waals surface area contributed by atoms with E-state index in [-0.39, 0.29) is 0 Å². The molecule has 0 aromatic rings. The van der Waals surface area contributed by atoms with Gasteiger partial charge in [0.1, 0.15) is 0 Å². The standard InChI is InChI=1S/C13H26N3P/c1-5-9-10-11-17(6-2,7-3,8-4)16(12-14)13-15/h5-11H2,1-4H3. The third kappa shape index (κ3) is 2.91. The van der Waals surface area contributed by atoms with Gasteiger partial charge in [-0.25, -0.2) is 0 Å². The molecule has 0 aromatic heterocycles. The van der Waals surface area contributed by atoms with E-state index in [1.54, 1.807) is 0 Å². The molecular formula is C13H26N3P. The van der Waals surface area contributed by atoms with E-state index in [1.807, 2.05) is 0 Å². The number of nitrogens with zero attached hydrogens (tertiary/aromatic N) is 3. The first-order chi connectivity index (χ1) is 8.08. The van der Waals surface area contributed by atoms with Gasteiger partial charge in [-0.3, -0.25) is 0 Å². The molecule has 0 spiro atoms. The Bertz CT molecular complexity index is 285. The number of hydrogen-bond donors (Lipinski definition) is 0. The minimum atomic E-state index is -2.30. The maximum atomic E-state index is 9.26. The Morgan fingerprint density at radius 2 is 1.35 bits per heavy atom. The summed E-state index contributed by atoms with van der Waals surface area (Å²) in [7, 11) is 0. The van der Waals surface area contributed by atoms with E-state index >= 15 is 0 Å². The third-order valence-electron chi connectivity index (χ3n) is 4.53.